The second kappa shape index (κ2) is 8.21. The van der Waals surface area contributed by atoms with Crippen molar-refractivity contribution < 1.29 is 4.79 Å². The lowest BCUT2D eigenvalue weighted by molar-refractivity contribution is -0.113. The predicted octanol–water partition coefficient (Wildman–Crippen LogP) is 3.93. The van der Waals surface area contributed by atoms with Crippen molar-refractivity contribution in [3.05, 3.63) is 81.9 Å². The molecule has 0 aliphatic heterocycles. The molecule has 0 saturated heterocycles. The maximum Gasteiger partial charge on any atom is 0.287 e. The summed E-state index contributed by atoms with van der Waals surface area (Å²) in [7, 11) is 0. The van der Waals surface area contributed by atoms with E-state index in [-0.39, 0.29) is 22.2 Å². The number of halogens is 1. The molecule has 0 radical (unpaired) electrons. The first-order chi connectivity index (χ1) is 12.5. The summed E-state index contributed by atoms with van der Waals surface area (Å²) in [4.78, 5) is 28.8. The quantitative estimate of drug-likeness (QED) is 0.676. The van der Waals surface area contributed by atoms with Gasteiger partial charge in [-0.1, -0.05) is 41.1 Å². The van der Waals surface area contributed by atoms with Gasteiger partial charge in [-0.3, -0.25) is 14.2 Å². The Morgan fingerprint density at radius 1 is 1.15 bits per heavy atom. The number of anilines is 1. The van der Waals surface area contributed by atoms with Crippen LogP contribution in [-0.2, 0) is 4.79 Å². The van der Waals surface area contributed by atoms with Crippen LogP contribution in [0.3, 0.4) is 0 Å². The normalized spacial score (nSPS) is 10.5. The molecule has 132 valence electrons. The number of benzene rings is 2. The summed E-state index contributed by atoms with van der Waals surface area (Å²) < 4.78 is 1.52. The van der Waals surface area contributed by atoms with Crippen LogP contribution < -0.4 is 10.9 Å². The Labute approximate surface area is 160 Å². The van der Waals surface area contributed by atoms with E-state index in [1.54, 1.807) is 36.7 Å². The zero-order valence-corrected chi connectivity index (χ0v) is 15.6. The van der Waals surface area contributed by atoms with Gasteiger partial charge in [-0.05, 0) is 43.3 Å². The third-order valence-corrected chi connectivity index (χ3v) is 4.80. The van der Waals surface area contributed by atoms with Crippen LogP contribution in [0, 0.1) is 6.92 Å². The summed E-state index contributed by atoms with van der Waals surface area (Å²) in [6, 6.07) is 14.5. The van der Waals surface area contributed by atoms with Crippen LogP contribution in [0.4, 0.5) is 5.69 Å². The zero-order valence-electron chi connectivity index (χ0n) is 14.0. The van der Waals surface area contributed by atoms with Gasteiger partial charge in [-0.25, -0.2) is 4.98 Å². The molecule has 0 unspecified atom stereocenters. The topological polar surface area (TPSA) is 64.0 Å². The number of aryl methyl sites for hydroxylation is 1. The number of carbonyl (C=O) groups is 1. The molecule has 1 heterocycles. The summed E-state index contributed by atoms with van der Waals surface area (Å²) >= 11 is 6.93. The molecule has 0 atom stereocenters. The highest BCUT2D eigenvalue weighted by molar-refractivity contribution is 7.99. The fraction of sp³-hybridized carbons (Fsp3) is 0.105. The van der Waals surface area contributed by atoms with Crippen LogP contribution in [-0.4, -0.2) is 21.2 Å². The van der Waals surface area contributed by atoms with E-state index in [0.29, 0.717) is 10.7 Å². The Kier molecular flexibility index (Phi) is 5.75. The van der Waals surface area contributed by atoms with E-state index >= 15 is 0 Å². The number of hydrogen-bond acceptors (Lipinski definition) is 4. The number of aromatic nitrogens is 2. The van der Waals surface area contributed by atoms with Crippen LogP contribution in [0.1, 0.15) is 5.56 Å². The Bertz CT molecular complexity index is 969. The lowest BCUT2D eigenvalue weighted by atomic mass is 10.2. The average molecular weight is 386 g/mol. The molecule has 3 aromatic rings. The van der Waals surface area contributed by atoms with Crippen LogP contribution in [0.2, 0.25) is 5.02 Å². The van der Waals surface area contributed by atoms with Gasteiger partial charge in [0.1, 0.15) is 0 Å². The van der Waals surface area contributed by atoms with E-state index in [9.17, 15) is 9.59 Å². The van der Waals surface area contributed by atoms with E-state index in [2.05, 4.69) is 10.3 Å². The van der Waals surface area contributed by atoms with Crippen molar-refractivity contribution in [1.82, 2.24) is 9.55 Å². The third kappa shape index (κ3) is 4.53. The number of hydrogen-bond donors (Lipinski definition) is 1. The molecule has 0 spiro atoms. The van der Waals surface area contributed by atoms with Gasteiger partial charge >= 0.3 is 0 Å². The smallest absolute Gasteiger partial charge is 0.287 e. The molecular formula is C19H16ClN3O2S. The third-order valence-electron chi connectivity index (χ3n) is 3.59. The van der Waals surface area contributed by atoms with E-state index in [0.717, 1.165) is 23.0 Å². The standard InChI is InChI=1S/C19H16ClN3O2S/c1-13-2-8-16(9-3-13)23-11-10-21-18(19(23)25)26-12-17(24)22-15-6-4-14(20)5-7-15/h2-11H,12H2,1H3,(H,22,24). The molecule has 26 heavy (non-hydrogen) atoms. The fourth-order valence-electron chi connectivity index (χ4n) is 2.27. The highest BCUT2D eigenvalue weighted by Crippen LogP contribution is 2.16. The average Bonchev–Trinajstić information content (AvgIpc) is 2.64. The number of nitrogens with one attached hydrogen (secondary N) is 1. The Morgan fingerprint density at radius 2 is 1.85 bits per heavy atom. The van der Waals surface area contributed by atoms with E-state index in [1.165, 1.54) is 4.57 Å². The van der Waals surface area contributed by atoms with Crippen LogP contribution in [0.25, 0.3) is 5.69 Å². The highest BCUT2D eigenvalue weighted by atomic mass is 35.5. The highest BCUT2D eigenvalue weighted by Gasteiger charge is 2.10. The molecule has 0 fully saturated rings. The van der Waals surface area contributed by atoms with Crippen LogP contribution in [0.5, 0.6) is 0 Å². The molecule has 0 saturated carbocycles. The summed E-state index contributed by atoms with van der Waals surface area (Å²) in [5.41, 5.74) is 2.28. The SMILES string of the molecule is Cc1ccc(-n2ccnc(SCC(=O)Nc3ccc(Cl)cc3)c2=O)cc1. The van der Waals surface area contributed by atoms with E-state index < -0.39 is 0 Å². The van der Waals surface area contributed by atoms with Crippen molar-refractivity contribution in [3.8, 4) is 5.69 Å². The summed E-state index contributed by atoms with van der Waals surface area (Å²) in [5.74, 6) is -0.132. The second-order valence-corrected chi connectivity index (χ2v) is 6.99. The van der Waals surface area contributed by atoms with Crippen molar-refractivity contribution >= 4 is 35.0 Å². The van der Waals surface area contributed by atoms with Crippen molar-refractivity contribution in [2.45, 2.75) is 11.9 Å². The lowest BCUT2D eigenvalue weighted by Crippen LogP contribution is -2.22. The maximum absolute atomic E-state index is 12.6. The van der Waals surface area contributed by atoms with Crippen LogP contribution in [0.15, 0.2) is 70.7 Å². The minimum Gasteiger partial charge on any atom is -0.325 e. The number of carbonyl (C=O) groups excluding carboxylic acids is 1. The molecule has 3 rings (SSSR count). The molecule has 2 aromatic carbocycles. The lowest BCUT2D eigenvalue weighted by Gasteiger charge is -2.08. The molecule has 7 heteroatoms. The van der Waals surface area contributed by atoms with Gasteiger partial charge in [-0.15, -0.1) is 0 Å². The van der Waals surface area contributed by atoms with Gasteiger partial charge in [0.25, 0.3) is 5.56 Å². The minimum absolute atomic E-state index is 0.0861. The number of nitrogens with zero attached hydrogens (tertiary/aromatic N) is 2. The first-order valence-corrected chi connectivity index (χ1v) is 9.22. The van der Waals surface area contributed by atoms with Gasteiger partial charge in [0.15, 0.2) is 5.03 Å². The van der Waals surface area contributed by atoms with Crippen molar-refractivity contribution in [3.63, 3.8) is 0 Å². The summed E-state index contributed by atoms with van der Waals surface area (Å²) in [6.45, 7) is 1.99. The van der Waals surface area contributed by atoms with Crippen molar-refractivity contribution in [1.29, 1.82) is 0 Å². The Hall–Kier alpha value is -2.57. The fourth-order valence-corrected chi connectivity index (χ4v) is 3.09. The predicted molar refractivity (Wildman–Crippen MR) is 105 cm³/mol. The first-order valence-electron chi connectivity index (χ1n) is 7.86. The van der Waals surface area contributed by atoms with Crippen molar-refractivity contribution in [2.24, 2.45) is 0 Å². The van der Waals surface area contributed by atoms with E-state index in [1.807, 2.05) is 31.2 Å². The minimum atomic E-state index is -0.249. The Balaban J connectivity index is 1.69. The molecule has 5 nitrogen and oxygen atoms in total. The molecule has 1 aromatic heterocycles. The van der Waals surface area contributed by atoms with Crippen molar-refractivity contribution in [2.75, 3.05) is 11.1 Å². The molecule has 0 bridgehead atoms. The Morgan fingerprint density at radius 3 is 2.54 bits per heavy atom. The summed E-state index contributed by atoms with van der Waals surface area (Å²) in [5, 5.41) is 3.63. The van der Waals surface area contributed by atoms with Gasteiger partial charge < -0.3 is 5.32 Å². The van der Waals surface area contributed by atoms with Crippen LogP contribution >= 0.6 is 23.4 Å². The molecular weight excluding hydrogens is 370 g/mol. The number of amides is 1. The molecule has 0 aliphatic rings. The zero-order chi connectivity index (χ0) is 18.5. The number of thioether (sulfide) groups is 1. The second-order valence-electron chi connectivity index (χ2n) is 5.59. The monoisotopic (exact) mass is 385 g/mol. The molecule has 1 amide bonds. The first kappa shape index (κ1) is 18.2. The number of rotatable bonds is 5. The summed E-state index contributed by atoms with van der Waals surface area (Å²) in [6.07, 6.45) is 3.17. The van der Waals surface area contributed by atoms with Gasteiger partial charge in [0, 0.05) is 28.8 Å². The van der Waals surface area contributed by atoms with Gasteiger partial charge in [-0.2, -0.15) is 0 Å². The van der Waals surface area contributed by atoms with Gasteiger partial charge in [0.05, 0.1) is 5.75 Å². The van der Waals surface area contributed by atoms with E-state index in [4.69, 9.17) is 11.6 Å². The molecule has 1 N–H and O–H groups in total. The van der Waals surface area contributed by atoms with Gasteiger partial charge in [0.2, 0.25) is 5.91 Å². The maximum atomic E-state index is 12.6. The largest absolute Gasteiger partial charge is 0.325 e. The molecule has 0 aliphatic carbocycles.